The molecule has 0 saturated carbocycles. The highest BCUT2D eigenvalue weighted by Gasteiger charge is 2.14. The molecule has 5 nitrogen and oxygen atoms in total. The lowest BCUT2D eigenvalue weighted by atomic mass is 10.3. The first-order chi connectivity index (χ1) is 8.49. The Kier molecular flexibility index (Phi) is 5.33. The Morgan fingerprint density at radius 3 is 2.50 bits per heavy atom. The monoisotopic (exact) mass is 271 g/mol. The molecule has 1 aromatic rings. The van der Waals surface area contributed by atoms with Gasteiger partial charge in [0, 0.05) is 6.54 Å². The average Bonchev–Trinajstić information content (AvgIpc) is 2.37. The molecule has 0 spiro atoms. The first kappa shape index (κ1) is 14.7. The van der Waals surface area contributed by atoms with Gasteiger partial charge in [-0.3, -0.25) is 0 Å². The molecule has 6 heteroatoms. The first-order valence-electron chi connectivity index (χ1n) is 5.44. The fourth-order valence-corrected chi connectivity index (χ4v) is 2.37. The highest BCUT2D eigenvalue weighted by Crippen LogP contribution is 2.15. The van der Waals surface area contributed by atoms with Crippen molar-refractivity contribution in [3.63, 3.8) is 0 Å². The molecule has 18 heavy (non-hydrogen) atoms. The van der Waals surface area contributed by atoms with Crippen LogP contribution in [0.1, 0.15) is 6.92 Å². The number of nitrogens with one attached hydrogen (secondary N) is 1. The third-order valence-electron chi connectivity index (χ3n) is 2.27. The number of sulfonamides is 1. The highest BCUT2D eigenvalue weighted by atomic mass is 32.2. The lowest BCUT2D eigenvalue weighted by Gasteiger charge is -2.09. The first-order valence-corrected chi connectivity index (χ1v) is 6.92. The third-order valence-corrected chi connectivity index (χ3v) is 3.71. The van der Waals surface area contributed by atoms with Gasteiger partial charge in [0.05, 0.1) is 18.1 Å². The molecule has 1 aromatic carbocycles. The van der Waals surface area contributed by atoms with Crippen molar-refractivity contribution in [2.45, 2.75) is 17.9 Å². The maximum Gasteiger partial charge on any atom is 0.240 e. The van der Waals surface area contributed by atoms with Gasteiger partial charge in [0.1, 0.15) is 5.75 Å². The van der Waals surface area contributed by atoms with Gasteiger partial charge in [0.15, 0.2) is 0 Å². The van der Waals surface area contributed by atoms with Crippen LogP contribution in [0.15, 0.2) is 41.3 Å². The minimum atomic E-state index is -3.60. The Balaban J connectivity index is 2.73. The summed E-state index contributed by atoms with van der Waals surface area (Å²) in [7, 11) is -2.09. The van der Waals surface area contributed by atoms with Crippen molar-refractivity contribution >= 4 is 10.0 Å². The summed E-state index contributed by atoms with van der Waals surface area (Å²) in [5.74, 6) is 0.586. The minimum Gasteiger partial charge on any atom is -0.497 e. The topological polar surface area (TPSA) is 75.6 Å². The molecule has 0 heterocycles. The van der Waals surface area contributed by atoms with Gasteiger partial charge in [-0.2, -0.15) is 0 Å². The molecule has 100 valence electrons. The van der Waals surface area contributed by atoms with Crippen LogP contribution in [0.4, 0.5) is 0 Å². The quantitative estimate of drug-likeness (QED) is 0.754. The van der Waals surface area contributed by atoms with Crippen molar-refractivity contribution in [3.05, 3.63) is 36.4 Å². The zero-order valence-corrected chi connectivity index (χ0v) is 11.1. The minimum absolute atomic E-state index is 0.0568. The van der Waals surface area contributed by atoms with Crippen LogP contribution in [-0.2, 0) is 10.0 Å². The van der Waals surface area contributed by atoms with Crippen LogP contribution in [-0.4, -0.2) is 33.3 Å². The summed E-state index contributed by atoms with van der Waals surface area (Å²) in [6, 6.07) is 6.03. The molecular formula is C12H17NO4S. The standard InChI is InChI=1S/C12H17NO4S/c1-3-4-10(14)9-13-18(15,16)12-7-5-11(17-2)6-8-12/h3-8,10,13-14H,9H2,1-2H3. The Labute approximate surface area is 107 Å². The van der Waals surface area contributed by atoms with E-state index in [1.54, 1.807) is 25.1 Å². The number of hydrogen-bond acceptors (Lipinski definition) is 4. The van der Waals surface area contributed by atoms with Crippen molar-refractivity contribution in [1.29, 1.82) is 0 Å². The van der Waals surface area contributed by atoms with Crippen LogP contribution < -0.4 is 9.46 Å². The average molecular weight is 271 g/mol. The van der Waals surface area contributed by atoms with Gasteiger partial charge >= 0.3 is 0 Å². The summed E-state index contributed by atoms with van der Waals surface area (Å²) in [6.45, 7) is 1.69. The maximum absolute atomic E-state index is 11.9. The van der Waals surface area contributed by atoms with Gasteiger partial charge in [-0.1, -0.05) is 12.2 Å². The Bertz CT molecular complexity index is 493. The molecule has 0 radical (unpaired) electrons. The second-order valence-electron chi connectivity index (χ2n) is 3.62. The van der Waals surface area contributed by atoms with Crippen LogP contribution >= 0.6 is 0 Å². The molecule has 0 bridgehead atoms. The van der Waals surface area contributed by atoms with E-state index in [9.17, 15) is 13.5 Å². The molecule has 1 unspecified atom stereocenters. The van der Waals surface area contributed by atoms with E-state index in [-0.39, 0.29) is 11.4 Å². The van der Waals surface area contributed by atoms with E-state index in [2.05, 4.69) is 4.72 Å². The largest absolute Gasteiger partial charge is 0.497 e. The van der Waals surface area contributed by atoms with Gasteiger partial charge < -0.3 is 9.84 Å². The molecule has 0 aliphatic heterocycles. The van der Waals surface area contributed by atoms with Crippen molar-refractivity contribution in [2.75, 3.05) is 13.7 Å². The molecular weight excluding hydrogens is 254 g/mol. The second kappa shape index (κ2) is 6.53. The van der Waals surface area contributed by atoms with Crippen molar-refractivity contribution < 1.29 is 18.3 Å². The molecule has 2 N–H and O–H groups in total. The fourth-order valence-electron chi connectivity index (χ4n) is 1.32. The molecule has 0 aromatic heterocycles. The predicted molar refractivity (Wildman–Crippen MR) is 69.0 cm³/mol. The smallest absolute Gasteiger partial charge is 0.240 e. The molecule has 0 amide bonds. The number of ether oxygens (including phenoxy) is 1. The second-order valence-corrected chi connectivity index (χ2v) is 5.39. The van der Waals surface area contributed by atoms with Crippen LogP contribution in [0.3, 0.4) is 0 Å². The number of rotatable bonds is 6. The maximum atomic E-state index is 11.9. The summed E-state index contributed by atoms with van der Waals surface area (Å²) in [5.41, 5.74) is 0. The summed E-state index contributed by atoms with van der Waals surface area (Å²) < 4.78 is 31.0. The van der Waals surface area contributed by atoms with Crippen molar-refractivity contribution in [2.24, 2.45) is 0 Å². The van der Waals surface area contributed by atoms with Gasteiger partial charge in [-0.25, -0.2) is 13.1 Å². The number of hydrogen-bond donors (Lipinski definition) is 2. The van der Waals surface area contributed by atoms with Gasteiger partial charge in [-0.05, 0) is 31.2 Å². The molecule has 0 aliphatic carbocycles. The summed E-state index contributed by atoms with van der Waals surface area (Å²) >= 11 is 0. The van der Waals surface area contributed by atoms with E-state index >= 15 is 0 Å². The van der Waals surface area contributed by atoms with Crippen LogP contribution in [0.2, 0.25) is 0 Å². The van der Waals surface area contributed by atoms with Gasteiger partial charge in [-0.15, -0.1) is 0 Å². The normalized spacial score (nSPS) is 13.7. The number of methoxy groups -OCH3 is 1. The van der Waals surface area contributed by atoms with Gasteiger partial charge in [0.2, 0.25) is 10.0 Å². The van der Waals surface area contributed by atoms with Crippen LogP contribution in [0.25, 0.3) is 0 Å². The predicted octanol–water partition coefficient (Wildman–Crippen LogP) is 0.911. The summed E-state index contributed by atoms with van der Waals surface area (Å²) in [6.07, 6.45) is 2.34. The Morgan fingerprint density at radius 1 is 1.39 bits per heavy atom. The lowest BCUT2D eigenvalue weighted by molar-refractivity contribution is 0.226. The number of allylic oxidation sites excluding steroid dienone is 1. The van der Waals surface area contributed by atoms with Crippen molar-refractivity contribution in [3.8, 4) is 5.75 Å². The molecule has 1 rings (SSSR count). The zero-order valence-electron chi connectivity index (χ0n) is 10.3. The SMILES string of the molecule is CC=CC(O)CNS(=O)(=O)c1ccc(OC)cc1. The summed E-state index contributed by atoms with van der Waals surface area (Å²) in [4.78, 5) is 0.135. The lowest BCUT2D eigenvalue weighted by Crippen LogP contribution is -2.31. The van der Waals surface area contributed by atoms with Crippen LogP contribution in [0, 0.1) is 0 Å². The molecule has 0 aliphatic rings. The van der Waals surface area contributed by atoms with E-state index < -0.39 is 16.1 Å². The van der Waals surface area contributed by atoms with Gasteiger partial charge in [0.25, 0.3) is 0 Å². The Hall–Kier alpha value is -1.37. The molecule has 1 atom stereocenters. The van der Waals surface area contributed by atoms with Crippen molar-refractivity contribution in [1.82, 2.24) is 4.72 Å². The molecule has 0 saturated heterocycles. The van der Waals surface area contributed by atoms with Crippen LogP contribution in [0.5, 0.6) is 5.75 Å². The Morgan fingerprint density at radius 2 is 2.00 bits per heavy atom. The number of benzene rings is 1. The fraction of sp³-hybridized carbons (Fsp3) is 0.333. The number of aliphatic hydroxyl groups is 1. The number of aliphatic hydroxyl groups excluding tert-OH is 1. The molecule has 0 fully saturated rings. The zero-order chi connectivity index (χ0) is 13.6. The van der Waals surface area contributed by atoms with E-state index in [1.807, 2.05) is 0 Å². The third kappa shape index (κ3) is 4.14. The summed E-state index contributed by atoms with van der Waals surface area (Å²) in [5, 5.41) is 9.41. The van der Waals surface area contributed by atoms with E-state index in [4.69, 9.17) is 4.74 Å². The van der Waals surface area contributed by atoms with E-state index in [1.165, 1.54) is 25.3 Å². The van der Waals surface area contributed by atoms with E-state index in [0.29, 0.717) is 5.75 Å². The van der Waals surface area contributed by atoms with E-state index in [0.717, 1.165) is 0 Å². The highest BCUT2D eigenvalue weighted by molar-refractivity contribution is 7.89.